The largest absolute Gasteiger partial charge is 0.488 e. The summed E-state index contributed by atoms with van der Waals surface area (Å²) >= 11 is 5.92. The molecule has 0 radical (unpaired) electrons. The molecule has 0 unspecified atom stereocenters. The summed E-state index contributed by atoms with van der Waals surface area (Å²) in [5.41, 5.74) is 3.43. The number of ketones is 1. The van der Waals surface area contributed by atoms with Crippen molar-refractivity contribution in [1.82, 2.24) is 0 Å². The first kappa shape index (κ1) is 19.0. The van der Waals surface area contributed by atoms with Gasteiger partial charge in [0.25, 0.3) is 0 Å². The molecular formula is C25H19ClO3. The van der Waals surface area contributed by atoms with E-state index >= 15 is 0 Å². The van der Waals surface area contributed by atoms with Gasteiger partial charge < -0.3 is 9.47 Å². The molecule has 0 atom stereocenters. The first-order valence-corrected chi connectivity index (χ1v) is 9.66. The number of ether oxygens (including phenoxy) is 2. The van der Waals surface area contributed by atoms with Crippen molar-refractivity contribution >= 4 is 23.5 Å². The first-order valence-electron chi connectivity index (χ1n) is 9.28. The Kier molecular flexibility index (Phi) is 5.50. The summed E-state index contributed by atoms with van der Waals surface area (Å²) in [6.45, 7) is 2.30. The quantitative estimate of drug-likeness (QED) is 0.463. The van der Waals surface area contributed by atoms with E-state index in [2.05, 4.69) is 0 Å². The van der Waals surface area contributed by atoms with Crippen molar-refractivity contribution in [2.75, 3.05) is 0 Å². The molecule has 0 spiro atoms. The van der Waals surface area contributed by atoms with E-state index in [-0.39, 0.29) is 5.78 Å². The van der Waals surface area contributed by atoms with E-state index in [1.165, 1.54) is 0 Å². The van der Waals surface area contributed by atoms with Gasteiger partial charge in [-0.15, -0.1) is 0 Å². The van der Waals surface area contributed by atoms with Gasteiger partial charge in [0.1, 0.15) is 18.1 Å². The van der Waals surface area contributed by atoms with E-state index in [0.29, 0.717) is 34.5 Å². The topological polar surface area (TPSA) is 35.5 Å². The molecule has 3 aromatic rings. The Bertz CT molecular complexity index is 1100. The second-order valence-corrected chi connectivity index (χ2v) is 7.15. The summed E-state index contributed by atoms with van der Waals surface area (Å²) in [5, 5.41) is 0.690. The number of hydrogen-bond acceptors (Lipinski definition) is 3. The molecule has 1 aliphatic heterocycles. The lowest BCUT2D eigenvalue weighted by Crippen LogP contribution is -1.98. The number of allylic oxidation sites excluding steroid dienone is 3. The number of carbonyl (C=O) groups excluding carboxylic acids is 1. The lowest BCUT2D eigenvalue weighted by molar-refractivity contribution is 0.101. The molecular weight excluding hydrogens is 384 g/mol. The smallest absolute Gasteiger partial charge is 0.231 e. The SMILES string of the molecule is Cc1c(OCc2ccc(Cl)cc2)ccc2c1O/C(=C\C=C\c1ccccc1)C2=O. The van der Waals surface area contributed by atoms with Crippen LogP contribution in [-0.2, 0) is 6.61 Å². The van der Waals surface area contributed by atoms with Gasteiger partial charge in [-0.3, -0.25) is 4.79 Å². The molecule has 144 valence electrons. The monoisotopic (exact) mass is 402 g/mol. The summed E-state index contributed by atoms with van der Waals surface area (Å²) in [7, 11) is 0. The van der Waals surface area contributed by atoms with Gasteiger partial charge in [-0.1, -0.05) is 66.2 Å². The molecule has 0 fully saturated rings. The van der Waals surface area contributed by atoms with Crippen molar-refractivity contribution in [1.29, 1.82) is 0 Å². The second kappa shape index (κ2) is 8.38. The maximum absolute atomic E-state index is 12.6. The molecule has 0 bridgehead atoms. The van der Waals surface area contributed by atoms with Gasteiger partial charge in [0.2, 0.25) is 5.78 Å². The summed E-state index contributed by atoms with van der Waals surface area (Å²) < 4.78 is 11.8. The predicted octanol–water partition coefficient (Wildman–Crippen LogP) is 6.40. The van der Waals surface area contributed by atoms with Crippen LogP contribution in [0.25, 0.3) is 6.08 Å². The maximum Gasteiger partial charge on any atom is 0.231 e. The van der Waals surface area contributed by atoms with Crippen LogP contribution in [0.5, 0.6) is 11.5 Å². The summed E-state index contributed by atoms with van der Waals surface area (Å²) in [6, 6.07) is 21.0. The van der Waals surface area contributed by atoms with Gasteiger partial charge in [-0.2, -0.15) is 0 Å². The van der Waals surface area contributed by atoms with Crippen molar-refractivity contribution < 1.29 is 14.3 Å². The zero-order valence-electron chi connectivity index (χ0n) is 15.9. The van der Waals surface area contributed by atoms with Crippen molar-refractivity contribution in [2.24, 2.45) is 0 Å². The highest BCUT2D eigenvalue weighted by Crippen LogP contribution is 2.39. The molecule has 3 nitrogen and oxygen atoms in total. The van der Waals surface area contributed by atoms with Crippen LogP contribution in [0.15, 0.2) is 84.6 Å². The molecule has 1 heterocycles. The fourth-order valence-corrected chi connectivity index (χ4v) is 3.22. The molecule has 3 aromatic carbocycles. The lowest BCUT2D eigenvalue weighted by atomic mass is 10.1. The Morgan fingerprint density at radius 2 is 1.76 bits per heavy atom. The Hall–Kier alpha value is -3.30. The number of fused-ring (bicyclic) bond motifs is 1. The van der Waals surface area contributed by atoms with Crippen LogP contribution in [0.2, 0.25) is 5.02 Å². The Morgan fingerprint density at radius 3 is 2.52 bits per heavy atom. The molecule has 1 aliphatic rings. The summed E-state index contributed by atoms with van der Waals surface area (Å²) in [5.74, 6) is 1.44. The molecule has 29 heavy (non-hydrogen) atoms. The van der Waals surface area contributed by atoms with Gasteiger partial charge in [0.05, 0.1) is 5.56 Å². The molecule has 0 aromatic heterocycles. The molecule has 0 N–H and O–H groups in total. The average Bonchev–Trinajstić information content (AvgIpc) is 3.06. The molecule has 0 aliphatic carbocycles. The third-order valence-corrected chi connectivity index (χ3v) is 4.93. The van der Waals surface area contributed by atoms with Crippen LogP contribution < -0.4 is 9.47 Å². The number of halogens is 1. The minimum absolute atomic E-state index is 0.120. The molecule has 4 rings (SSSR count). The molecule has 0 saturated heterocycles. The zero-order valence-corrected chi connectivity index (χ0v) is 16.6. The number of carbonyl (C=O) groups is 1. The Balaban J connectivity index is 1.50. The number of benzene rings is 3. The minimum atomic E-state index is -0.120. The van der Waals surface area contributed by atoms with Crippen LogP contribution in [0.3, 0.4) is 0 Å². The zero-order chi connectivity index (χ0) is 20.2. The second-order valence-electron chi connectivity index (χ2n) is 6.71. The Labute approximate surface area is 174 Å². The van der Waals surface area contributed by atoms with Gasteiger partial charge in [-0.05, 0) is 48.4 Å². The summed E-state index contributed by atoms with van der Waals surface area (Å²) in [6.07, 6.45) is 5.45. The number of Topliss-reactive ketones (excluding diaryl/α,β-unsaturated/α-hetero) is 1. The molecule has 4 heteroatoms. The van der Waals surface area contributed by atoms with Crippen LogP contribution >= 0.6 is 11.6 Å². The molecule has 0 saturated carbocycles. The van der Waals surface area contributed by atoms with Crippen LogP contribution in [0.4, 0.5) is 0 Å². The van der Waals surface area contributed by atoms with E-state index in [1.54, 1.807) is 12.1 Å². The van der Waals surface area contributed by atoms with E-state index in [1.807, 2.05) is 79.7 Å². The number of hydrogen-bond donors (Lipinski definition) is 0. The third kappa shape index (κ3) is 4.25. The van der Waals surface area contributed by atoms with Gasteiger partial charge >= 0.3 is 0 Å². The highest BCUT2D eigenvalue weighted by Gasteiger charge is 2.29. The normalized spacial score (nSPS) is 14.3. The fourth-order valence-electron chi connectivity index (χ4n) is 3.09. The molecule has 0 amide bonds. The van der Waals surface area contributed by atoms with Gasteiger partial charge in [0.15, 0.2) is 5.76 Å². The van der Waals surface area contributed by atoms with Gasteiger partial charge in [0, 0.05) is 10.6 Å². The standard InChI is InChI=1S/C25H19ClO3/c1-17-22(28-16-19-10-12-20(26)13-11-19)15-14-21-24(27)23(29-25(17)21)9-5-8-18-6-3-2-4-7-18/h2-15H,16H2,1H3/b8-5+,23-9-. The van der Waals surface area contributed by atoms with Crippen LogP contribution in [0, 0.1) is 6.92 Å². The highest BCUT2D eigenvalue weighted by atomic mass is 35.5. The average molecular weight is 403 g/mol. The maximum atomic E-state index is 12.6. The van der Waals surface area contributed by atoms with Crippen molar-refractivity contribution in [3.05, 3.63) is 112 Å². The first-order chi connectivity index (χ1) is 14.1. The third-order valence-electron chi connectivity index (χ3n) is 4.68. The van der Waals surface area contributed by atoms with Crippen molar-refractivity contribution in [3.63, 3.8) is 0 Å². The predicted molar refractivity (Wildman–Crippen MR) is 115 cm³/mol. The Morgan fingerprint density at radius 1 is 1.00 bits per heavy atom. The van der Waals surface area contributed by atoms with Gasteiger partial charge in [-0.25, -0.2) is 0 Å². The minimum Gasteiger partial charge on any atom is -0.488 e. The summed E-state index contributed by atoms with van der Waals surface area (Å²) in [4.78, 5) is 12.6. The van der Waals surface area contributed by atoms with Crippen LogP contribution in [-0.4, -0.2) is 5.78 Å². The number of rotatable bonds is 5. The van der Waals surface area contributed by atoms with E-state index in [0.717, 1.165) is 16.7 Å². The van der Waals surface area contributed by atoms with E-state index < -0.39 is 0 Å². The van der Waals surface area contributed by atoms with E-state index in [4.69, 9.17) is 21.1 Å². The van der Waals surface area contributed by atoms with E-state index in [9.17, 15) is 4.79 Å². The highest BCUT2D eigenvalue weighted by molar-refractivity contribution is 6.30. The fraction of sp³-hybridized carbons (Fsp3) is 0.0800. The van der Waals surface area contributed by atoms with Crippen LogP contribution in [0.1, 0.15) is 27.0 Å². The van der Waals surface area contributed by atoms with Crippen molar-refractivity contribution in [3.8, 4) is 11.5 Å². The lowest BCUT2D eigenvalue weighted by Gasteiger charge is -2.11. The van der Waals surface area contributed by atoms with Crippen molar-refractivity contribution in [2.45, 2.75) is 13.5 Å².